The highest BCUT2D eigenvalue weighted by Gasteiger charge is 2.07. The van der Waals surface area contributed by atoms with E-state index in [9.17, 15) is 8.78 Å². The minimum Gasteiger partial charge on any atom is -0.361 e. The molecule has 2 nitrogen and oxygen atoms in total. The van der Waals surface area contributed by atoms with E-state index in [4.69, 9.17) is 0 Å². The van der Waals surface area contributed by atoms with Crippen molar-refractivity contribution in [2.45, 2.75) is 6.42 Å². The highest BCUT2D eigenvalue weighted by atomic mass is 19.1. The van der Waals surface area contributed by atoms with Gasteiger partial charge in [0.25, 0.3) is 0 Å². The molecule has 0 spiro atoms. The molecule has 0 radical (unpaired) electrons. The normalized spacial score (nSPS) is 11.5. The number of fused-ring (bicyclic) bond motifs is 1. The molecule has 18 heavy (non-hydrogen) atoms. The zero-order valence-electron chi connectivity index (χ0n) is 10.3. The van der Waals surface area contributed by atoms with Gasteiger partial charge in [0.1, 0.15) is 13.3 Å². The van der Waals surface area contributed by atoms with Crippen molar-refractivity contribution in [3.63, 3.8) is 0 Å². The monoisotopic (exact) mass is 252 g/mol. The Labute approximate surface area is 106 Å². The maximum atomic E-state index is 12.3. The number of benzene rings is 1. The van der Waals surface area contributed by atoms with Crippen LogP contribution in [0.1, 0.15) is 5.56 Å². The van der Waals surface area contributed by atoms with Crippen LogP contribution in [0, 0.1) is 0 Å². The van der Waals surface area contributed by atoms with Crippen molar-refractivity contribution >= 4 is 10.9 Å². The molecule has 2 rings (SSSR count). The lowest BCUT2D eigenvalue weighted by atomic mass is 10.1. The molecule has 0 amide bonds. The number of hydrogen-bond acceptors (Lipinski definition) is 1. The number of alkyl halides is 2. The highest BCUT2D eigenvalue weighted by Crippen LogP contribution is 2.18. The number of hydrogen-bond donors (Lipinski definition) is 1. The molecule has 1 aromatic heterocycles. The maximum Gasteiger partial charge on any atom is 0.102 e. The first-order valence-electron chi connectivity index (χ1n) is 6.24. The number of para-hydroxylation sites is 1. The Kier molecular flexibility index (Phi) is 4.70. The van der Waals surface area contributed by atoms with Crippen LogP contribution in [0.15, 0.2) is 30.5 Å². The maximum absolute atomic E-state index is 12.3. The number of H-pyrrole nitrogens is 1. The minimum atomic E-state index is -0.423. The van der Waals surface area contributed by atoms with Gasteiger partial charge in [-0.05, 0) is 18.1 Å². The second-order valence-electron chi connectivity index (χ2n) is 4.33. The molecule has 0 unspecified atom stereocenters. The van der Waals surface area contributed by atoms with Crippen LogP contribution in [-0.2, 0) is 6.42 Å². The number of nitrogens with one attached hydrogen (secondary N) is 1. The third-order valence-electron chi connectivity index (χ3n) is 3.17. The van der Waals surface area contributed by atoms with Crippen LogP contribution in [0.4, 0.5) is 8.78 Å². The Bertz CT molecular complexity index is 475. The van der Waals surface area contributed by atoms with Gasteiger partial charge < -0.3 is 4.98 Å². The van der Waals surface area contributed by atoms with Crippen molar-refractivity contribution in [1.82, 2.24) is 9.88 Å². The Morgan fingerprint density at radius 1 is 1.00 bits per heavy atom. The summed E-state index contributed by atoms with van der Waals surface area (Å²) in [6.45, 7) is 0.468. The molecule has 0 saturated heterocycles. The number of rotatable bonds is 7. The summed E-state index contributed by atoms with van der Waals surface area (Å²) >= 11 is 0. The lowest BCUT2D eigenvalue weighted by Crippen LogP contribution is -2.30. The first-order valence-corrected chi connectivity index (χ1v) is 6.24. The summed E-state index contributed by atoms with van der Waals surface area (Å²) < 4.78 is 24.6. The van der Waals surface area contributed by atoms with Crippen molar-refractivity contribution in [3.05, 3.63) is 36.0 Å². The molecule has 0 saturated carbocycles. The summed E-state index contributed by atoms with van der Waals surface area (Å²) in [4.78, 5) is 5.03. The van der Waals surface area contributed by atoms with Crippen LogP contribution >= 0.6 is 0 Å². The lowest BCUT2D eigenvalue weighted by molar-refractivity contribution is 0.230. The molecule has 1 N–H and O–H groups in total. The molecule has 2 aromatic rings. The van der Waals surface area contributed by atoms with Gasteiger partial charge in [0, 0.05) is 36.7 Å². The molecule has 1 heterocycles. The van der Waals surface area contributed by atoms with E-state index < -0.39 is 13.3 Å². The molecule has 98 valence electrons. The van der Waals surface area contributed by atoms with E-state index in [1.54, 1.807) is 0 Å². The predicted molar refractivity (Wildman–Crippen MR) is 70.4 cm³/mol. The zero-order chi connectivity index (χ0) is 12.8. The number of nitrogens with zero attached hydrogens (tertiary/aromatic N) is 1. The van der Waals surface area contributed by atoms with Crippen LogP contribution in [0.5, 0.6) is 0 Å². The van der Waals surface area contributed by atoms with Crippen molar-refractivity contribution in [2.75, 3.05) is 33.0 Å². The van der Waals surface area contributed by atoms with E-state index in [1.807, 2.05) is 29.3 Å². The van der Waals surface area contributed by atoms with Gasteiger partial charge in [-0.1, -0.05) is 18.2 Å². The van der Waals surface area contributed by atoms with Crippen molar-refractivity contribution in [2.24, 2.45) is 0 Å². The van der Waals surface area contributed by atoms with Gasteiger partial charge in [0.05, 0.1) is 0 Å². The summed E-state index contributed by atoms with van der Waals surface area (Å²) in [5, 5.41) is 1.19. The Hall–Kier alpha value is -1.42. The second kappa shape index (κ2) is 6.50. The molecule has 0 aliphatic heterocycles. The zero-order valence-corrected chi connectivity index (χ0v) is 10.3. The predicted octanol–water partition coefficient (Wildman–Crippen LogP) is 2.95. The fourth-order valence-electron chi connectivity index (χ4n) is 2.19. The first-order chi connectivity index (χ1) is 8.85. The number of halogens is 2. The minimum absolute atomic E-state index is 0.312. The Balaban J connectivity index is 2.00. The summed E-state index contributed by atoms with van der Waals surface area (Å²) in [7, 11) is 0. The quantitative estimate of drug-likeness (QED) is 0.802. The molecule has 4 heteroatoms. The Morgan fingerprint density at radius 2 is 1.72 bits per heavy atom. The van der Waals surface area contributed by atoms with Gasteiger partial charge in [-0.25, -0.2) is 8.78 Å². The summed E-state index contributed by atoms with van der Waals surface area (Å²) in [6.07, 6.45) is 2.79. The van der Waals surface area contributed by atoms with E-state index >= 15 is 0 Å². The Morgan fingerprint density at radius 3 is 2.44 bits per heavy atom. The lowest BCUT2D eigenvalue weighted by Gasteiger charge is -2.18. The van der Waals surface area contributed by atoms with Crippen LogP contribution < -0.4 is 0 Å². The summed E-state index contributed by atoms with van der Waals surface area (Å²) in [6, 6.07) is 8.08. The summed E-state index contributed by atoms with van der Waals surface area (Å²) in [5.41, 5.74) is 2.31. The molecule has 0 aliphatic rings. The van der Waals surface area contributed by atoms with Gasteiger partial charge >= 0.3 is 0 Å². The van der Waals surface area contributed by atoms with E-state index in [0.29, 0.717) is 19.6 Å². The van der Waals surface area contributed by atoms with Crippen molar-refractivity contribution < 1.29 is 8.78 Å². The molecular weight excluding hydrogens is 234 g/mol. The largest absolute Gasteiger partial charge is 0.361 e. The average molecular weight is 252 g/mol. The van der Waals surface area contributed by atoms with E-state index in [2.05, 4.69) is 11.1 Å². The number of aromatic nitrogens is 1. The van der Waals surface area contributed by atoms with E-state index in [-0.39, 0.29) is 0 Å². The SMILES string of the molecule is FCCN(CCF)CCc1c[nH]c2ccccc12. The van der Waals surface area contributed by atoms with Crippen LogP contribution in [0.25, 0.3) is 10.9 Å². The first kappa shape index (κ1) is 13.0. The molecular formula is C14H18F2N2. The molecule has 0 fully saturated rings. The fourth-order valence-corrected chi connectivity index (χ4v) is 2.19. The molecule has 0 bridgehead atoms. The van der Waals surface area contributed by atoms with Gasteiger partial charge in [0.15, 0.2) is 0 Å². The fraction of sp³-hybridized carbons (Fsp3) is 0.429. The highest BCUT2D eigenvalue weighted by molar-refractivity contribution is 5.83. The van der Waals surface area contributed by atoms with Crippen molar-refractivity contribution in [1.29, 1.82) is 0 Å². The summed E-state index contributed by atoms with van der Waals surface area (Å²) in [5.74, 6) is 0. The molecule has 0 aliphatic carbocycles. The third-order valence-corrected chi connectivity index (χ3v) is 3.17. The standard InChI is InChI=1S/C14H18F2N2/c15-6-9-18(10-7-16)8-5-12-11-17-14-4-2-1-3-13(12)14/h1-4,11,17H,5-10H2. The number of aromatic amines is 1. The smallest absolute Gasteiger partial charge is 0.102 e. The molecule has 1 aromatic carbocycles. The van der Waals surface area contributed by atoms with Gasteiger partial charge in [-0.2, -0.15) is 0 Å². The van der Waals surface area contributed by atoms with Gasteiger partial charge in [0.2, 0.25) is 0 Å². The second-order valence-corrected chi connectivity index (χ2v) is 4.33. The van der Waals surface area contributed by atoms with Gasteiger partial charge in [-0.3, -0.25) is 4.90 Å². The van der Waals surface area contributed by atoms with E-state index in [0.717, 1.165) is 11.9 Å². The topological polar surface area (TPSA) is 19.0 Å². The van der Waals surface area contributed by atoms with Crippen LogP contribution in [0.2, 0.25) is 0 Å². The van der Waals surface area contributed by atoms with Crippen molar-refractivity contribution in [3.8, 4) is 0 Å². The van der Waals surface area contributed by atoms with Gasteiger partial charge in [-0.15, -0.1) is 0 Å². The van der Waals surface area contributed by atoms with Crippen LogP contribution in [0.3, 0.4) is 0 Å². The van der Waals surface area contributed by atoms with E-state index in [1.165, 1.54) is 10.9 Å². The molecule has 0 atom stereocenters. The van der Waals surface area contributed by atoms with Crippen LogP contribution in [-0.4, -0.2) is 42.9 Å². The average Bonchev–Trinajstić information content (AvgIpc) is 2.80. The third kappa shape index (κ3) is 3.07.